The van der Waals surface area contributed by atoms with Crippen molar-refractivity contribution in [3.63, 3.8) is 0 Å². The summed E-state index contributed by atoms with van der Waals surface area (Å²) in [5, 5.41) is 0.800. The van der Waals surface area contributed by atoms with Crippen LogP contribution in [0.1, 0.15) is 57.5 Å². The number of fused-ring (bicyclic) bond motifs is 1. The maximum atomic E-state index is 13.4. The van der Waals surface area contributed by atoms with Gasteiger partial charge in [0.25, 0.3) is 11.8 Å². The molecule has 1 saturated heterocycles. The summed E-state index contributed by atoms with van der Waals surface area (Å²) in [5.41, 5.74) is 4.27. The monoisotopic (exact) mass is 531 g/mol. The molecule has 1 aliphatic carbocycles. The zero-order valence-electron chi connectivity index (χ0n) is 21.9. The number of ether oxygens (including phenoxy) is 1. The minimum atomic E-state index is -0.697. The summed E-state index contributed by atoms with van der Waals surface area (Å²) < 4.78 is 7.44. The van der Waals surface area contributed by atoms with Crippen molar-refractivity contribution in [3.8, 4) is 5.00 Å². The molecule has 0 saturated carbocycles. The Kier molecular flexibility index (Phi) is 6.79. The van der Waals surface area contributed by atoms with Crippen molar-refractivity contribution in [3.05, 3.63) is 74.9 Å². The van der Waals surface area contributed by atoms with E-state index in [2.05, 4.69) is 0 Å². The van der Waals surface area contributed by atoms with E-state index in [-0.39, 0.29) is 18.1 Å². The summed E-state index contributed by atoms with van der Waals surface area (Å²) in [6.45, 7) is 5.91. The molecule has 5 rings (SSSR count). The molecule has 2 aliphatic rings. The van der Waals surface area contributed by atoms with Gasteiger partial charge in [0.05, 0.1) is 17.9 Å². The Bertz CT molecular complexity index is 1500. The summed E-state index contributed by atoms with van der Waals surface area (Å²) in [6.07, 6.45) is 5.44. The van der Waals surface area contributed by atoms with Gasteiger partial charge in [-0.25, -0.2) is 14.5 Å². The average Bonchev–Trinajstić information content (AvgIpc) is 3.42. The Hall–Kier alpha value is -3.98. The SMILES string of the molecule is CCOC(=O)c1c(-n2c(C)cc(/C=C3\C(=O)N(C)C(=O)N(c4ccccc4)C3=O)c2C)sc2c1CCCC2. The number of esters is 1. The number of nitrogens with zero attached hydrogens (tertiary/aromatic N) is 3. The Morgan fingerprint density at radius 2 is 1.76 bits per heavy atom. The van der Waals surface area contributed by atoms with E-state index in [0.717, 1.165) is 57.4 Å². The number of barbiturate groups is 1. The fourth-order valence-electron chi connectivity index (χ4n) is 5.17. The van der Waals surface area contributed by atoms with E-state index in [1.165, 1.54) is 11.9 Å². The largest absolute Gasteiger partial charge is 0.462 e. The van der Waals surface area contributed by atoms with Gasteiger partial charge in [-0.3, -0.25) is 14.5 Å². The molecular weight excluding hydrogens is 502 g/mol. The van der Waals surface area contributed by atoms with Crippen LogP contribution in [-0.2, 0) is 27.2 Å². The number of imide groups is 2. The Labute approximate surface area is 225 Å². The number of anilines is 1. The smallest absolute Gasteiger partial charge is 0.341 e. The average molecular weight is 532 g/mol. The van der Waals surface area contributed by atoms with Gasteiger partial charge in [-0.05, 0) is 81.9 Å². The van der Waals surface area contributed by atoms with Gasteiger partial charge in [-0.15, -0.1) is 11.3 Å². The highest BCUT2D eigenvalue weighted by atomic mass is 32.1. The van der Waals surface area contributed by atoms with Crippen molar-refractivity contribution in [2.45, 2.75) is 46.5 Å². The molecule has 8 nitrogen and oxygen atoms in total. The number of rotatable bonds is 5. The second-order valence-corrected chi connectivity index (χ2v) is 10.5. The highest BCUT2D eigenvalue weighted by molar-refractivity contribution is 7.15. The standard InChI is InChI=1S/C29H29N3O5S/c1-5-37-28(35)24-21-13-9-10-14-23(21)38-27(24)31-17(2)15-19(18(31)3)16-22-25(33)30(4)29(36)32(26(22)34)20-11-7-6-8-12-20/h6-8,11-12,15-16H,5,9-10,13-14H2,1-4H3/b22-16+. The van der Waals surface area contributed by atoms with Crippen molar-refractivity contribution >= 4 is 46.9 Å². The van der Waals surface area contributed by atoms with Crippen LogP contribution in [0.3, 0.4) is 0 Å². The number of carbonyl (C=O) groups excluding carboxylic acids is 4. The maximum absolute atomic E-state index is 13.4. The van der Waals surface area contributed by atoms with E-state index in [4.69, 9.17) is 4.74 Å². The topological polar surface area (TPSA) is 88.9 Å². The number of likely N-dealkylation sites (N-methyl/N-ethyl adjacent to an activating group) is 1. The van der Waals surface area contributed by atoms with Gasteiger partial charge in [-0.1, -0.05) is 18.2 Å². The third-order valence-electron chi connectivity index (χ3n) is 7.07. The van der Waals surface area contributed by atoms with Gasteiger partial charge in [0.15, 0.2) is 0 Å². The number of amides is 4. The molecule has 3 heterocycles. The van der Waals surface area contributed by atoms with Crippen LogP contribution in [0.25, 0.3) is 11.1 Å². The van der Waals surface area contributed by atoms with Crippen molar-refractivity contribution in [1.82, 2.24) is 9.47 Å². The zero-order chi connectivity index (χ0) is 27.1. The fourth-order valence-corrected chi connectivity index (χ4v) is 6.66. The predicted octanol–water partition coefficient (Wildman–Crippen LogP) is 5.22. The van der Waals surface area contributed by atoms with E-state index in [0.29, 0.717) is 16.8 Å². The van der Waals surface area contributed by atoms with Gasteiger partial charge in [0.2, 0.25) is 0 Å². The minimum Gasteiger partial charge on any atom is -0.462 e. The summed E-state index contributed by atoms with van der Waals surface area (Å²) in [7, 11) is 1.37. The van der Waals surface area contributed by atoms with Gasteiger partial charge >= 0.3 is 12.0 Å². The molecular formula is C29H29N3O5S. The molecule has 0 unspecified atom stereocenters. The molecule has 0 spiro atoms. The predicted molar refractivity (Wildman–Crippen MR) is 146 cm³/mol. The van der Waals surface area contributed by atoms with Gasteiger partial charge < -0.3 is 9.30 Å². The molecule has 1 aliphatic heterocycles. The minimum absolute atomic E-state index is 0.104. The van der Waals surface area contributed by atoms with E-state index in [1.807, 2.05) is 24.5 Å². The first kappa shape index (κ1) is 25.7. The third kappa shape index (κ3) is 4.16. The van der Waals surface area contributed by atoms with Gasteiger partial charge in [-0.2, -0.15) is 0 Å². The van der Waals surface area contributed by atoms with Crippen molar-refractivity contribution in [2.24, 2.45) is 0 Å². The molecule has 4 amide bonds. The molecule has 1 aromatic carbocycles. The molecule has 38 heavy (non-hydrogen) atoms. The van der Waals surface area contributed by atoms with Crippen molar-refractivity contribution in [1.29, 1.82) is 0 Å². The van der Waals surface area contributed by atoms with Crippen LogP contribution in [0, 0.1) is 13.8 Å². The van der Waals surface area contributed by atoms with E-state index in [1.54, 1.807) is 54.7 Å². The number of hydrogen-bond donors (Lipinski definition) is 0. The second-order valence-electron chi connectivity index (χ2n) is 9.45. The van der Waals surface area contributed by atoms with E-state index in [9.17, 15) is 19.2 Å². The first-order valence-corrected chi connectivity index (χ1v) is 13.5. The molecule has 196 valence electrons. The summed E-state index contributed by atoms with van der Waals surface area (Å²) in [5.74, 6) is -1.66. The number of hydrogen-bond acceptors (Lipinski definition) is 6. The lowest BCUT2D eigenvalue weighted by atomic mass is 9.95. The second kappa shape index (κ2) is 10.1. The summed E-state index contributed by atoms with van der Waals surface area (Å²) in [4.78, 5) is 55.6. The van der Waals surface area contributed by atoms with Crippen LogP contribution in [0.5, 0.6) is 0 Å². The number of benzene rings is 1. The Morgan fingerprint density at radius 1 is 1.05 bits per heavy atom. The van der Waals surface area contributed by atoms with Crippen molar-refractivity contribution < 1.29 is 23.9 Å². The molecule has 2 aromatic heterocycles. The van der Waals surface area contributed by atoms with Crippen molar-refractivity contribution in [2.75, 3.05) is 18.6 Å². The van der Waals surface area contributed by atoms with Crippen LogP contribution >= 0.6 is 11.3 Å². The molecule has 0 radical (unpaired) electrons. The lowest BCUT2D eigenvalue weighted by Gasteiger charge is -2.31. The van der Waals surface area contributed by atoms with Crippen LogP contribution in [0.2, 0.25) is 0 Å². The first-order valence-electron chi connectivity index (χ1n) is 12.7. The lowest BCUT2D eigenvalue weighted by Crippen LogP contribution is -2.55. The highest BCUT2D eigenvalue weighted by Crippen LogP contribution is 2.39. The van der Waals surface area contributed by atoms with Gasteiger partial charge in [0, 0.05) is 23.3 Å². The Balaban J connectivity index is 1.61. The van der Waals surface area contributed by atoms with E-state index < -0.39 is 17.8 Å². The fraction of sp³-hybridized carbons (Fsp3) is 0.310. The number of thiophene rings is 1. The number of carbonyl (C=O) groups is 4. The van der Waals surface area contributed by atoms with Crippen LogP contribution in [-0.4, -0.2) is 46.9 Å². The molecule has 3 aromatic rings. The number of aromatic nitrogens is 1. The molecule has 0 bridgehead atoms. The molecule has 1 fully saturated rings. The molecule has 9 heteroatoms. The number of urea groups is 1. The number of para-hydroxylation sites is 1. The van der Waals surface area contributed by atoms with Crippen LogP contribution in [0.15, 0.2) is 42.0 Å². The molecule has 0 N–H and O–H groups in total. The lowest BCUT2D eigenvalue weighted by molar-refractivity contribution is -0.128. The zero-order valence-corrected chi connectivity index (χ0v) is 22.7. The first-order chi connectivity index (χ1) is 18.2. The summed E-state index contributed by atoms with van der Waals surface area (Å²) in [6, 6.07) is 9.74. The highest BCUT2D eigenvalue weighted by Gasteiger charge is 2.41. The molecule has 0 atom stereocenters. The number of aryl methyl sites for hydroxylation is 2. The van der Waals surface area contributed by atoms with Crippen LogP contribution < -0.4 is 4.90 Å². The summed E-state index contributed by atoms with van der Waals surface area (Å²) >= 11 is 1.60. The quantitative estimate of drug-likeness (QED) is 0.256. The normalized spacial score (nSPS) is 16.8. The van der Waals surface area contributed by atoms with Crippen LogP contribution in [0.4, 0.5) is 10.5 Å². The third-order valence-corrected chi connectivity index (χ3v) is 8.34. The van der Waals surface area contributed by atoms with E-state index >= 15 is 0 Å². The Morgan fingerprint density at radius 3 is 2.47 bits per heavy atom. The maximum Gasteiger partial charge on any atom is 0.341 e. The van der Waals surface area contributed by atoms with Gasteiger partial charge in [0.1, 0.15) is 10.6 Å².